The van der Waals surface area contributed by atoms with Crippen LogP contribution in [0.15, 0.2) is 28.9 Å². The average Bonchev–Trinajstić information content (AvgIpc) is 2.52. The molecule has 0 saturated carbocycles. The largest absolute Gasteiger partial charge is 0.585 e. The van der Waals surface area contributed by atoms with Crippen LogP contribution < -0.4 is 0 Å². The first-order valence-corrected chi connectivity index (χ1v) is 2.93. The van der Waals surface area contributed by atoms with Crippen molar-refractivity contribution in [3.8, 4) is 0 Å². The minimum Gasteiger partial charge on any atom is -0.465 e. The van der Waals surface area contributed by atoms with Crippen LogP contribution in [0.5, 0.6) is 0 Å². The minimum absolute atomic E-state index is 0.544. The van der Waals surface area contributed by atoms with Crippen LogP contribution in [-0.2, 0) is 4.79 Å². The number of rotatable bonds is 2. The molecule has 0 radical (unpaired) electrons. The van der Waals surface area contributed by atoms with Gasteiger partial charge in [-0.15, -0.1) is 0 Å². The van der Waals surface area contributed by atoms with Gasteiger partial charge in [0.1, 0.15) is 5.76 Å². The van der Waals surface area contributed by atoms with Crippen LogP contribution in [0.3, 0.4) is 0 Å². The van der Waals surface area contributed by atoms with Gasteiger partial charge >= 0.3 is 5.91 Å². The monoisotopic (exact) mass is 149 g/mol. The van der Waals surface area contributed by atoms with Crippen molar-refractivity contribution in [1.29, 1.82) is 5.39 Å². The Kier molecular flexibility index (Phi) is 2.18. The van der Waals surface area contributed by atoms with Gasteiger partial charge in [-0.2, -0.15) is 4.79 Å². The molecule has 0 N–H and O–H groups in total. The summed E-state index contributed by atoms with van der Waals surface area (Å²) >= 11 is 0. The molecule has 0 saturated heterocycles. The number of nitrogens with zero attached hydrogens (tertiary/aromatic N) is 2. The molecule has 1 aromatic rings. The standard InChI is InChI=1S/C7H5N2O2/c8-9-7(10)4-3-6-2-1-5-11-6/h1-5H/q+1/b4-3+. The number of carbonyl (C=O) groups excluding carboxylic acids is 1. The van der Waals surface area contributed by atoms with Crippen molar-refractivity contribution < 1.29 is 9.21 Å². The zero-order valence-corrected chi connectivity index (χ0v) is 5.60. The molecule has 4 heteroatoms. The molecule has 0 fully saturated rings. The maximum atomic E-state index is 10.4. The lowest BCUT2D eigenvalue weighted by Gasteiger charge is -1.75. The predicted molar refractivity (Wildman–Crippen MR) is 37.8 cm³/mol. The van der Waals surface area contributed by atoms with Crippen LogP contribution in [0, 0.1) is 5.39 Å². The van der Waals surface area contributed by atoms with Gasteiger partial charge in [0.05, 0.1) is 12.3 Å². The Morgan fingerprint density at radius 1 is 1.73 bits per heavy atom. The molecule has 0 atom stereocenters. The summed E-state index contributed by atoms with van der Waals surface area (Å²) in [6, 6.07) is 3.38. The fraction of sp³-hybridized carbons (Fsp3) is 0. The predicted octanol–water partition coefficient (Wildman–Crippen LogP) is 1.67. The summed E-state index contributed by atoms with van der Waals surface area (Å²) in [4.78, 5) is 12.8. The fourth-order valence-corrected chi connectivity index (χ4v) is 0.573. The molecular weight excluding hydrogens is 144 g/mol. The van der Waals surface area contributed by atoms with E-state index in [2.05, 4.69) is 4.98 Å². The summed E-state index contributed by atoms with van der Waals surface area (Å²) in [5.41, 5.74) is 0. The number of hydrogen-bond acceptors (Lipinski definition) is 3. The summed E-state index contributed by atoms with van der Waals surface area (Å²) in [5.74, 6) is -0.164. The van der Waals surface area contributed by atoms with Crippen molar-refractivity contribution in [3.63, 3.8) is 0 Å². The first kappa shape index (κ1) is 7.22. The molecule has 54 valence electrons. The quantitative estimate of drug-likeness (QED) is 0.474. The van der Waals surface area contributed by atoms with Crippen LogP contribution in [0.1, 0.15) is 5.76 Å². The van der Waals surface area contributed by atoms with Crippen molar-refractivity contribution >= 4 is 12.0 Å². The lowest BCUT2D eigenvalue weighted by Crippen LogP contribution is -1.78. The maximum Gasteiger partial charge on any atom is 0.585 e. The lowest BCUT2D eigenvalue weighted by molar-refractivity contribution is -0.110. The van der Waals surface area contributed by atoms with Crippen molar-refractivity contribution in [2.45, 2.75) is 0 Å². The van der Waals surface area contributed by atoms with Crippen molar-refractivity contribution in [3.05, 3.63) is 35.2 Å². The van der Waals surface area contributed by atoms with E-state index in [4.69, 9.17) is 9.81 Å². The highest BCUT2D eigenvalue weighted by Crippen LogP contribution is 2.01. The van der Waals surface area contributed by atoms with E-state index in [-0.39, 0.29) is 0 Å². The van der Waals surface area contributed by atoms with Gasteiger partial charge in [0.25, 0.3) is 0 Å². The lowest BCUT2D eigenvalue weighted by atomic mass is 10.4. The molecule has 0 bridgehead atoms. The Hall–Kier alpha value is -1.89. The third-order valence-electron chi connectivity index (χ3n) is 1.03. The molecule has 0 unspecified atom stereocenters. The molecule has 4 nitrogen and oxygen atoms in total. The third kappa shape index (κ3) is 2.06. The van der Waals surface area contributed by atoms with Crippen molar-refractivity contribution in [1.82, 2.24) is 0 Å². The smallest absolute Gasteiger partial charge is 0.465 e. The van der Waals surface area contributed by atoms with Crippen LogP contribution in [0.25, 0.3) is 11.1 Å². The van der Waals surface area contributed by atoms with Gasteiger partial charge in [-0.3, -0.25) is 0 Å². The number of hydrogen-bond donors (Lipinski definition) is 0. The van der Waals surface area contributed by atoms with Gasteiger partial charge in [-0.1, -0.05) is 0 Å². The summed E-state index contributed by atoms with van der Waals surface area (Å²) in [6.45, 7) is 0. The highest BCUT2D eigenvalue weighted by atomic mass is 16.3. The Morgan fingerprint density at radius 2 is 2.55 bits per heavy atom. The summed E-state index contributed by atoms with van der Waals surface area (Å²) in [6.07, 6.45) is 4.02. The normalized spacial score (nSPS) is 9.73. The van der Waals surface area contributed by atoms with Gasteiger partial charge in [0, 0.05) is 0 Å². The minimum atomic E-state index is -0.707. The molecule has 1 heterocycles. The van der Waals surface area contributed by atoms with Crippen LogP contribution in [0.4, 0.5) is 0 Å². The highest BCUT2D eigenvalue weighted by molar-refractivity contribution is 5.98. The molecule has 1 rings (SSSR count). The number of diazo groups is 1. The topological polar surface area (TPSA) is 58.4 Å². The van der Waals surface area contributed by atoms with Gasteiger partial charge < -0.3 is 4.42 Å². The fourth-order valence-electron chi connectivity index (χ4n) is 0.573. The van der Waals surface area contributed by atoms with E-state index in [1.165, 1.54) is 12.3 Å². The maximum absolute atomic E-state index is 10.4. The molecule has 0 spiro atoms. The van der Waals surface area contributed by atoms with Gasteiger partial charge in [0.2, 0.25) is 10.4 Å². The van der Waals surface area contributed by atoms with Crippen LogP contribution in [0.2, 0.25) is 0 Å². The Labute approximate surface area is 62.8 Å². The third-order valence-corrected chi connectivity index (χ3v) is 1.03. The SMILES string of the molecule is N#[N+]C(=O)/C=C/c1ccco1. The van der Waals surface area contributed by atoms with E-state index in [1.807, 2.05) is 0 Å². The van der Waals surface area contributed by atoms with E-state index in [0.29, 0.717) is 5.76 Å². The van der Waals surface area contributed by atoms with Crippen molar-refractivity contribution in [2.75, 3.05) is 0 Å². The first-order chi connectivity index (χ1) is 5.33. The summed E-state index contributed by atoms with van der Waals surface area (Å²) in [5, 5.41) is 7.96. The number of furan rings is 1. The van der Waals surface area contributed by atoms with Crippen molar-refractivity contribution in [2.24, 2.45) is 0 Å². The molecule has 11 heavy (non-hydrogen) atoms. The van der Waals surface area contributed by atoms with Crippen LogP contribution in [-0.4, -0.2) is 5.91 Å². The van der Waals surface area contributed by atoms with Gasteiger partial charge in [-0.25, -0.2) is 0 Å². The van der Waals surface area contributed by atoms with Gasteiger partial charge in [-0.05, 0) is 18.2 Å². The zero-order valence-electron chi connectivity index (χ0n) is 5.60. The highest BCUT2D eigenvalue weighted by Gasteiger charge is 2.06. The van der Waals surface area contributed by atoms with E-state index in [9.17, 15) is 4.79 Å². The van der Waals surface area contributed by atoms with E-state index in [1.54, 1.807) is 12.1 Å². The summed E-state index contributed by atoms with van der Waals surface area (Å²) in [7, 11) is 0. The molecule has 1 amide bonds. The van der Waals surface area contributed by atoms with E-state index < -0.39 is 5.91 Å². The van der Waals surface area contributed by atoms with E-state index >= 15 is 0 Å². The summed E-state index contributed by atoms with van der Waals surface area (Å²) < 4.78 is 4.87. The second-order valence-corrected chi connectivity index (χ2v) is 1.79. The molecule has 0 aliphatic rings. The molecule has 0 aliphatic carbocycles. The van der Waals surface area contributed by atoms with Gasteiger partial charge in [0.15, 0.2) is 0 Å². The zero-order chi connectivity index (χ0) is 8.10. The Morgan fingerprint density at radius 3 is 3.09 bits per heavy atom. The first-order valence-electron chi connectivity index (χ1n) is 2.93. The van der Waals surface area contributed by atoms with E-state index in [0.717, 1.165) is 6.08 Å². The number of carbonyl (C=O) groups is 1. The molecule has 0 aromatic carbocycles. The second-order valence-electron chi connectivity index (χ2n) is 1.79. The van der Waals surface area contributed by atoms with Crippen LogP contribution >= 0.6 is 0 Å². The Bertz CT molecular complexity index is 306. The number of amides is 1. The molecular formula is C7H5N2O2+. The molecule has 1 aromatic heterocycles. The molecule has 0 aliphatic heterocycles. The second kappa shape index (κ2) is 3.32. The average molecular weight is 149 g/mol. The Balaban J connectivity index is 2.64.